The fourth-order valence-electron chi connectivity index (χ4n) is 2.54. The van der Waals surface area contributed by atoms with Crippen LogP contribution in [0.1, 0.15) is 30.6 Å². The number of hydrogen-bond donors (Lipinski definition) is 3. The fraction of sp³-hybridized carbons (Fsp3) is 0.182. The minimum Gasteiger partial charge on any atom is -0.505 e. The Bertz CT molecular complexity index is 950. The summed E-state index contributed by atoms with van der Waals surface area (Å²) >= 11 is 0. The van der Waals surface area contributed by atoms with Gasteiger partial charge in [-0.05, 0) is 30.0 Å². The Labute approximate surface area is 163 Å². The first-order valence-corrected chi connectivity index (χ1v) is 8.89. The van der Waals surface area contributed by atoms with Crippen molar-refractivity contribution in [2.75, 3.05) is 11.9 Å². The first kappa shape index (κ1) is 20.8. The minimum absolute atomic E-state index is 0.0948. The SMILES string of the molecule is CC(=O)O.CCCNc1c(OC(=O)c2ccccc2)cc2ccccc2c1O. The van der Waals surface area contributed by atoms with Gasteiger partial charge in [-0.25, -0.2) is 4.79 Å². The summed E-state index contributed by atoms with van der Waals surface area (Å²) < 4.78 is 5.56. The largest absolute Gasteiger partial charge is 0.505 e. The zero-order chi connectivity index (χ0) is 20.5. The molecule has 0 radical (unpaired) electrons. The number of hydrogen-bond acceptors (Lipinski definition) is 5. The summed E-state index contributed by atoms with van der Waals surface area (Å²) in [5, 5.41) is 22.7. The number of aliphatic carboxylic acids is 1. The number of carboxylic acids is 1. The lowest BCUT2D eigenvalue weighted by Crippen LogP contribution is -2.11. The molecule has 0 aromatic heterocycles. The molecule has 0 amide bonds. The Kier molecular flexibility index (Phi) is 7.39. The second-order valence-corrected chi connectivity index (χ2v) is 6.02. The number of nitrogens with one attached hydrogen (secondary N) is 1. The van der Waals surface area contributed by atoms with Crippen molar-refractivity contribution in [3.8, 4) is 11.5 Å². The normalized spacial score (nSPS) is 9.93. The first-order valence-electron chi connectivity index (χ1n) is 8.89. The van der Waals surface area contributed by atoms with Gasteiger partial charge in [0.05, 0.1) is 5.56 Å². The van der Waals surface area contributed by atoms with E-state index in [1.54, 1.807) is 30.3 Å². The maximum absolute atomic E-state index is 12.4. The Hall–Kier alpha value is -3.54. The van der Waals surface area contributed by atoms with Crippen LogP contribution in [0.2, 0.25) is 0 Å². The van der Waals surface area contributed by atoms with Gasteiger partial charge in [0, 0.05) is 18.9 Å². The average Bonchev–Trinajstić information content (AvgIpc) is 2.68. The summed E-state index contributed by atoms with van der Waals surface area (Å²) in [6.07, 6.45) is 0.887. The molecule has 6 heteroatoms. The van der Waals surface area contributed by atoms with Gasteiger partial charge in [-0.3, -0.25) is 4.79 Å². The zero-order valence-electron chi connectivity index (χ0n) is 15.8. The summed E-state index contributed by atoms with van der Waals surface area (Å²) in [6.45, 7) is 3.78. The van der Waals surface area contributed by atoms with E-state index in [2.05, 4.69) is 5.32 Å². The smallest absolute Gasteiger partial charge is 0.343 e. The Morgan fingerprint density at radius 1 is 1.04 bits per heavy atom. The molecule has 0 unspecified atom stereocenters. The van der Waals surface area contributed by atoms with Crippen LogP contribution in [-0.4, -0.2) is 28.7 Å². The van der Waals surface area contributed by atoms with Crippen molar-refractivity contribution in [3.05, 3.63) is 66.2 Å². The van der Waals surface area contributed by atoms with Crippen LogP contribution in [0.3, 0.4) is 0 Å². The number of carboxylic acid groups (broad SMARTS) is 1. The van der Waals surface area contributed by atoms with Gasteiger partial charge >= 0.3 is 5.97 Å². The number of phenolic OH excluding ortho intramolecular Hbond substituents is 1. The third kappa shape index (κ3) is 5.48. The third-order valence-electron chi connectivity index (χ3n) is 3.75. The molecule has 146 valence electrons. The molecule has 3 rings (SSSR count). The van der Waals surface area contributed by atoms with E-state index < -0.39 is 11.9 Å². The monoisotopic (exact) mass is 381 g/mol. The average molecular weight is 381 g/mol. The number of carbonyl (C=O) groups excluding carboxylic acids is 1. The fourth-order valence-corrected chi connectivity index (χ4v) is 2.54. The van der Waals surface area contributed by atoms with Crippen LogP contribution in [0.5, 0.6) is 11.5 Å². The number of aromatic hydroxyl groups is 1. The number of anilines is 1. The summed E-state index contributed by atoms with van der Waals surface area (Å²) in [6, 6.07) is 18.0. The molecule has 0 saturated carbocycles. The lowest BCUT2D eigenvalue weighted by Gasteiger charge is -2.15. The molecular formula is C22H23NO5. The highest BCUT2D eigenvalue weighted by Crippen LogP contribution is 2.41. The quantitative estimate of drug-likeness (QED) is 0.337. The van der Waals surface area contributed by atoms with Crippen molar-refractivity contribution in [1.82, 2.24) is 0 Å². The van der Waals surface area contributed by atoms with Gasteiger partial charge in [-0.15, -0.1) is 0 Å². The molecule has 0 atom stereocenters. The zero-order valence-corrected chi connectivity index (χ0v) is 15.8. The molecule has 0 fully saturated rings. The Morgan fingerprint density at radius 3 is 2.29 bits per heavy atom. The highest BCUT2D eigenvalue weighted by atomic mass is 16.5. The van der Waals surface area contributed by atoms with E-state index in [1.165, 1.54) is 0 Å². The molecule has 6 nitrogen and oxygen atoms in total. The standard InChI is InChI=1S/C20H19NO3.C2H4O2/c1-2-12-21-18-17(24-20(23)14-8-4-3-5-9-14)13-15-10-6-7-11-16(15)19(18)22;1-2(3)4/h3-11,13,21-22H,2,12H2,1H3;1H3,(H,3,4). The van der Waals surface area contributed by atoms with Crippen molar-refractivity contribution >= 4 is 28.4 Å². The highest BCUT2D eigenvalue weighted by Gasteiger charge is 2.17. The topological polar surface area (TPSA) is 95.9 Å². The van der Waals surface area contributed by atoms with E-state index in [0.29, 0.717) is 23.5 Å². The first-order chi connectivity index (χ1) is 13.4. The van der Waals surface area contributed by atoms with E-state index in [-0.39, 0.29) is 5.75 Å². The lowest BCUT2D eigenvalue weighted by atomic mass is 10.1. The van der Waals surface area contributed by atoms with Crippen molar-refractivity contribution < 1.29 is 24.5 Å². The third-order valence-corrected chi connectivity index (χ3v) is 3.75. The summed E-state index contributed by atoms with van der Waals surface area (Å²) in [4.78, 5) is 21.4. The molecule has 0 spiro atoms. The Balaban J connectivity index is 0.000000640. The molecule has 0 aliphatic carbocycles. The molecule has 0 aliphatic heterocycles. The van der Waals surface area contributed by atoms with Crippen LogP contribution in [-0.2, 0) is 4.79 Å². The lowest BCUT2D eigenvalue weighted by molar-refractivity contribution is -0.134. The number of ether oxygens (including phenoxy) is 1. The van der Waals surface area contributed by atoms with Gasteiger partial charge in [0.2, 0.25) is 0 Å². The van der Waals surface area contributed by atoms with Gasteiger partial charge < -0.3 is 20.3 Å². The second kappa shape index (κ2) is 9.97. The van der Waals surface area contributed by atoms with Crippen molar-refractivity contribution in [2.24, 2.45) is 0 Å². The second-order valence-electron chi connectivity index (χ2n) is 6.02. The molecule has 0 aliphatic rings. The van der Waals surface area contributed by atoms with Crippen molar-refractivity contribution in [3.63, 3.8) is 0 Å². The van der Waals surface area contributed by atoms with Gasteiger partial charge in [-0.2, -0.15) is 0 Å². The molecule has 3 aromatic carbocycles. The molecule has 3 N–H and O–H groups in total. The summed E-state index contributed by atoms with van der Waals surface area (Å²) in [5.74, 6) is -0.865. The maximum Gasteiger partial charge on any atom is 0.343 e. The van der Waals surface area contributed by atoms with Crippen LogP contribution in [0, 0.1) is 0 Å². The van der Waals surface area contributed by atoms with Crippen molar-refractivity contribution in [2.45, 2.75) is 20.3 Å². The number of rotatable bonds is 5. The summed E-state index contributed by atoms with van der Waals surface area (Å²) in [7, 11) is 0. The van der Waals surface area contributed by atoms with Crippen LogP contribution in [0.15, 0.2) is 60.7 Å². The number of benzene rings is 3. The van der Waals surface area contributed by atoms with E-state index in [9.17, 15) is 9.90 Å². The predicted molar refractivity (Wildman–Crippen MR) is 109 cm³/mol. The van der Waals surface area contributed by atoms with E-state index in [4.69, 9.17) is 14.6 Å². The Morgan fingerprint density at radius 2 is 1.64 bits per heavy atom. The highest BCUT2D eigenvalue weighted by molar-refractivity contribution is 5.98. The van der Waals surface area contributed by atoms with E-state index in [1.807, 2.05) is 37.3 Å². The van der Waals surface area contributed by atoms with Crippen LogP contribution >= 0.6 is 0 Å². The molecular weight excluding hydrogens is 358 g/mol. The van der Waals surface area contributed by atoms with Crippen LogP contribution < -0.4 is 10.1 Å². The number of esters is 1. The van der Waals surface area contributed by atoms with Crippen molar-refractivity contribution in [1.29, 1.82) is 0 Å². The van der Waals surface area contributed by atoms with Gasteiger partial charge in [-0.1, -0.05) is 49.4 Å². The van der Waals surface area contributed by atoms with E-state index in [0.717, 1.165) is 24.1 Å². The molecule has 0 bridgehead atoms. The number of fused-ring (bicyclic) bond motifs is 1. The maximum atomic E-state index is 12.4. The van der Waals surface area contributed by atoms with Gasteiger partial charge in [0.1, 0.15) is 11.4 Å². The molecule has 28 heavy (non-hydrogen) atoms. The minimum atomic E-state index is -0.833. The van der Waals surface area contributed by atoms with Gasteiger partial charge in [0.15, 0.2) is 5.75 Å². The van der Waals surface area contributed by atoms with E-state index >= 15 is 0 Å². The summed E-state index contributed by atoms with van der Waals surface area (Å²) in [5.41, 5.74) is 0.909. The molecule has 0 saturated heterocycles. The van der Waals surface area contributed by atoms with Gasteiger partial charge in [0.25, 0.3) is 5.97 Å². The molecule has 0 heterocycles. The van der Waals surface area contributed by atoms with Crippen LogP contribution in [0.25, 0.3) is 10.8 Å². The van der Waals surface area contributed by atoms with Crippen LogP contribution in [0.4, 0.5) is 5.69 Å². The number of carbonyl (C=O) groups is 2. The predicted octanol–water partition coefficient (Wildman–Crippen LogP) is 4.68. The molecule has 3 aromatic rings. The number of phenols is 1.